The zero-order chi connectivity index (χ0) is 11.6. The molecule has 0 fully saturated rings. The minimum absolute atomic E-state index is 0.00902. The standard InChI is InChI=1S/C5H8ClN5O2S2/c1-11-4(3(6)2-8-11)15(12,13)10-9-5(7)14/h2,10H,1H3,(H3,7,9,14). The van der Waals surface area contributed by atoms with Crippen molar-refractivity contribution < 1.29 is 8.42 Å². The van der Waals surface area contributed by atoms with Gasteiger partial charge in [-0.05, 0) is 12.2 Å². The molecule has 0 aliphatic carbocycles. The van der Waals surface area contributed by atoms with Gasteiger partial charge in [-0.25, -0.2) is 8.42 Å². The number of rotatable bonds is 3. The second kappa shape index (κ2) is 4.31. The summed E-state index contributed by atoms with van der Waals surface area (Å²) in [7, 11) is -2.39. The first kappa shape index (κ1) is 12.2. The molecule has 1 heterocycles. The van der Waals surface area contributed by atoms with Gasteiger partial charge in [0, 0.05) is 7.05 Å². The van der Waals surface area contributed by atoms with Gasteiger partial charge in [-0.15, -0.1) is 4.83 Å². The maximum Gasteiger partial charge on any atom is 0.276 e. The fraction of sp³-hybridized carbons (Fsp3) is 0.200. The molecule has 0 amide bonds. The Kier molecular flexibility index (Phi) is 3.50. The number of hydrogen-bond donors (Lipinski definition) is 3. The Morgan fingerprint density at radius 2 is 2.33 bits per heavy atom. The first-order valence-corrected chi connectivity index (χ1v) is 5.86. The van der Waals surface area contributed by atoms with Crippen molar-refractivity contribution in [2.75, 3.05) is 0 Å². The Balaban J connectivity index is 3.01. The van der Waals surface area contributed by atoms with Crippen LogP contribution in [0.4, 0.5) is 0 Å². The van der Waals surface area contributed by atoms with Gasteiger partial charge in [-0.3, -0.25) is 10.1 Å². The quantitative estimate of drug-likeness (QED) is 0.486. The Morgan fingerprint density at radius 1 is 1.73 bits per heavy atom. The molecule has 4 N–H and O–H groups in total. The first-order valence-electron chi connectivity index (χ1n) is 3.59. The highest BCUT2D eigenvalue weighted by molar-refractivity contribution is 7.89. The van der Waals surface area contributed by atoms with E-state index in [1.807, 2.05) is 4.83 Å². The maximum absolute atomic E-state index is 11.6. The van der Waals surface area contributed by atoms with E-state index in [1.165, 1.54) is 13.2 Å². The van der Waals surface area contributed by atoms with Gasteiger partial charge in [0.15, 0.2) is 10.1 Å². The third-order valence-corrected chi connectivity index (χ3v) is 3.26. The second-order valence-electron chi connectivity index (χ2n) is 2.52. The molecule has 0 aliphatic rings. The molecule has 0 radical (unpaired) electrons. The highest BCUT2D eigenvalue weighted by Crippen LogP contribution is 2.18. The number of thiocarbonyl (C=S) groups is 1. The smallest absolute Gasteiger partial charge is 0.276 e. The largest absolute Gasteiger partial charge is 0.375 e. The number of halogens is 1. The van der Waals surface area contributed by atoms with Crippen LogP contribution in [0.15, 0.2) is 11.2 Å². The fourth-order valence-electron chi connectivity index (χ4n) is 0.868. The molecular formula is C5H8ClN5O2S2. The average Bonchev–Trinajstić information content (AvgIpc) is 2.43. The molecule has 1 aromatic rings. The molecule has 0 atom stereocenters. The number of nitrogens with zero attached hydrogens (tertiary/aromatic N) is 2. The van der Waals surface area contributed by atoms with E-state index in [2.05, 4.69) is 22.7 Å². The Labute approximate surface area is 96.6 Å². The molecule has 0 saturated heterocycles. The topological polar surface area (TPSA) is 102 Å². The van der Waals surface area contributed by atoms with Gasteiger partial charge in [-0.1, -0.05) is 11.6 Å². The number of nitrogens with one attached hydrogen (secondary N) is 2. The van der Waals surface area contributed by atoms with Crippen LogP contribution in [-0.4, -0.2) is 23.3 Å². The molecule has 0 unspecified atom stereocenters. The zero-order valence-corrected chi connectivity index (χ0v) is 9.95. The highest BCUT2D eigenvalue weighted by atomic mass is 35.5. The molecule has 0 bridgehead atoms. The summed E-state index contributed by atoms with van der Waals surface area (Å²) in [5, 5.41) is 3.32. The second-order valence-corrected chi connectivity index (χ2v) is 4.96. The SMILES string of the molecule is Cn1ncc(Cl)c1S(=O)(=O)NNC(N)=S. The van der Waals surface area contributed by atoms with Gasteiger partial charge < -0.3 is 5.73 Å². The molecule has 7 nitrogen and oxygen atoms in total. The van der Waals surface area contributed by atoms with E-state index in [9.17, 15) is 8.42 Å². The van der Waals surface area contributed by atoms with Gasteiger partial charge in [0.1, 0.15) is 0 Å². The van der Waals surface area contributed by atoms with Gasteiger partial charge >= 0.3 is 0 Å². The Bertz CT molecular complexity index is 462. The van der Waals surface area contributed by atoms with Crippen LogP contribution in [0.2, 0.25) is 5.02 Å². The van der Waals surface area contributed by atoms with E-state index in [0.717, 1.165) is 4.68 Å². The van der Waals surface area contributed by atoms with E-state index in [-0.39, 0.29) is 15.2 Å². The Hall–Kier alpha value is -0.900. The van der Waals surface area contributed by atoms with E-state index in [1.54, 1.807) is 0 Å². The summed E-state index contributed by atoms with van der Waals surface area (Å²) in [6.07, 6.45) is 1.22. The third kappa shape index (κ3) is 2.78. The van der Waals surface area contributed by atoms with Crippen molar-refractivity contribution in [3.8, 4) is 0 Å². The fourth-order valence-corrected chi connectivity index (χ4v) is 2.50. The minimum atomic E-state index is -3.83. The Morgan fingerprint density at radius 3 is 2.73 bits per heavy atom. The number of nitrogens with two attached hydrogens (primary N) is 1. The third-order valence-electron chi connectivity index (χ3n) is 1.41. The van der Waals surface area contributed by atoms with E-state index >= 15 is 0 Å². The highest BCUT2D eigenvalue weighted by Gasteiger charge is 2.22. The minimum Gasteiger partial charge on any atom is -0.375 e. The van der Waals surface area contributed by atoms with Gasteiger partial charge in [0.05, 0.1) is 11.2 Å². The lowest BCUT2D eigenvalue weighted by molar-refractivity contribution is 0.559. The summed E-state index contributed by atoms with van der Waals surface area (Å²) >= 11 is 10.1. The molecule has 10 heteroatoms. The molecule has 1 rings (SSSR count). The predicted molar refractivity (Wildman–Crippen MR) is 58.5 cm³/mol. The van der Waals surface area contributed by atoms with E-state index in [4.69, 9.17) is 17.3 Å². The number of aromatic nitrogens is 2. The summed E-state index contributed by atoms with van der Waals surface area (Å²) in [4.78, 5) is 1.95. The van der Waals surface area contributed by atoms with Crippen LogP contribution in [0.5, 0.6) is 0 Å². The van der Waals surface area contributed by atoms with E-state index < -0.39 is 10.0 Å². The molecule has 84 valence electrons. The van der Waals surface area contributed by atoms with Gasteiger partial charge in [0.25, 0.3) is 10.0 Å². The number of hydrogen-bond acceptors (Lipinski definition) is 4. The first-order chi connectivity index (χ1) is 6.84. The van der Waals surface area contributed by atoms with Crippen LogP contribution in [0.3, 0.4) is 0 Å². The van der Waals surface area contributed by atoms with Crippen LogP contribution < -0.4 is 16.0 Å². The molecule has 15 heavy (non-hydrogen) atoms. The summed E-state index contributed by atoms with van der Waals surface area (Å²) in [5.74, 6) is 0. The van der Waals surface area contributed by atoms with Crippen molar-refractivity contribution in [1.29, 1.82) is 0 Å². The molecule has 0 spiro atoms. The number of hydrazine groups is 1. The van der Waals surface area contributed by atoms with Gasteiger partial charge in [0.2, 0.25) is 0 Å². The van der Waals surface area contributed by atoms with Crippen LogP contribution in [-0.2, 0) is 17.1 Å². The summed E-state index contributed by atoms with van der Waals surface area (Å²) in [5.41, 5.74) is 7.17. The van der Waals surface area contributed by atoms with Crippen molar-refractivity contribution in [3.05, 3.63) is 11.2 Å². The summed E-state index contributed by atoms with van der Waals surface area (Å²) in [6.45, 7) is 0. The number of aryl methyl sites for hydroxylation is 1. The maximum atomic E-state index is 11.6. The van der Waals surface area contributed by atoms with Crippen LogP contribution >= 0.6 is 23.8 Å². The number of sulfonamides is 1. The lowest BCUT2D eigenvalue weighted by Crippen LogP contribution is -2.44. The molecular weight excluding hydrogens is 262 g/mol. The summed E-state index contributed by atoms with van der Waals surface area (Å²) < 4.78 is 24.3. The van der Waals surface area contributed by atoms with Gasteiger partial charge in [-0.2, -0.15) is 5.10 Å². The predicted octanol–water partition coefficient (Wildman–Crippen LogP) is -0.900. The lowest BCUT2D eigenvalue weighted by atomic mass is 10.7. The lowest BCUT2D eigenvalue weighted by Gasteiger charge is -2.07. The van der Waals surface area contributed by atoms with Crippen LogP contribution in [0.1, 0.15) is 0 Å². The molecule has 0 aliphatic heterocycles. The van der Waals surface area contributed by atoms with E-state index in [0.29, 0.717) is 0 Å². The van der Waals surface area contributed by atoms with Crippen molar-refractivity contribution in [1.82, 2.24) is 20.0 Å². The molecule has 0 aromatic carbocycles. The average molecular weight is 270 g/mol. The molecule has 1 aromatic heterocycles. The summed E-state index contributed by atoms with van der Waals surface area (Å²) in [6, 6.07) is 0. The van der Waals surface area contributed by atoms with Crippen LogP contribution in [0, 0.1) is 0 Å². The monoisotopic (exact) mass is 269 g/mol. The van der Waals surface area contributed by atoms with Crippen molar-refractivity contribution >= 4 is 39.0 Å². The van der Waals surface area contributed by atoms with Crippen LogP contribution in [0.25, 0.3) is 0 Å². The zero-order valence-electron chi connectivity index (χ0n) is 7.56. The van der Waals surface area contributed by atoms with Crippen molar-refractivity contribution in [3.63, 3.8) is 0 Å². The van der Waals surface area contributed by atoms with Crippen molar-refractivity contribution in [2.45, 2.75) is 5.03 Å². The van der Waals surface area contributed by atoms with Crippen molar-refractivity contribution in [2.24, 2.45) is 12.8 Å². The normalized spacial score (nSPS) is 11.3. The molecule has 0 saturated carbocycles.